The van der Waals surface area contributed by atoms with E-state index in [2.05, 4.69) is 10.0 Å². The van der Waals surface area contributed by atoms with Gasteiger partial charge in [0, 0.05) is 24.4 Å². The minimum absolute atomic E-state index is 0.0330. The summed E-state index contributed by atoms with van der Waals surface area (Å²) in [6.07, 6.45) is 1.96. The Kier molecular flexibility index (Phi) is 5.82. The van der Waals surface area contributed by atoms with E-state index in [9.17, 15) is 13.2 Å². The number of ether oxygens (including phenoxy) is 1. The van der Waals surface area contributed by atoms with Crippen molar-refractivity contribution in [3.63, 3.8) is 0 Å². The average Bonchev–Trinajstić information content (AvgIpc) is 3.13. The van der Waals surface area contributed by atoms with Crippen LogP contribution in [0.5, 0.6) is 0 Å². The van der Waals surface area contributed by atoms with Crippen LogP contribution < -0.4 is 10.0 Å². The van der Waals surface area contributed by atoms with Gasteiger partial charge in [0.25, 0.3) is 15.9 Å². The highest BCUT2D eigenvalue weighted by Gasteiger charge is 2.21. The van der Waals surface area contributed by atoms with Gasteiger partial charge in [-0.1, -0.05) is 18.2 Å². The lowest BCUT2D eigenvalue weighted by Gasteiger charge is -2.14. The van der Waals surface area contributed by atoms with Crippen LogP contribution in [0.3, 0.4) is 0 Å². The van der Waals surface area contributed by atoms with E-state index in [0.29, 0.717) is 23.4 Å². The molecule has 0 saturated carbocycles. The summed E-state index contributed by atoms with van der Waals surface area (Å²) in [7, 11) is -3.80. The average molecular weight is 388 g/mol. The molecule has 1 fully saturated rings. The van der Waals surface area contributed by atoms with E-state index in [1.165, 1.54) is 6.07 Å². The minimum atomic E-state index is -3.80. The van der Waals surface area contributed by atoms with E-state index in [1.54, 1.807) is 37.3 Å². The summed E-state index contributed by atoms with van der Waals surface area (Å²) in [5.74, 6) is -0.308. The van der Waals surface area contributed by atoms with Gasteiger partial charge in [-0.2, -0.15) is 0 Å². The summed E-state index contributed by atoms with van der Waals surface area (Å²) in [5, 5.41) is 2.82. The number of anilines is 1. The van der Waals surface area contributed by atoms with Gasteiger partial charge in [-0.3, -0.25) is 9.52 Å². The summed E-state index contributed by atoms with van der Waals surface area (Å²) >= 11 is 0. The van der Waals surface area contributed by atoms with Crippen LogP contribution in [-0.4, -0.2) is 33.6 Å². The third-order valence-electron chi connectivity index (χ3n) is 4.52. The van der Waals surface area contributed by atoms with Gasteiger partial charge in [0.1, 0.15) is 0 Å². The number of hydrogen-bond donors (Lipinski definition) is 2. The number of hydrogen-bond acceptors (Lipinski definition) is 4. The number of carbonyl (C=O) groups is 1. The molecular formula is C20H24N2O4S. The normalized spacial score (nSPS) is 16.9. The predicted molar refractivity (Wildman–Crippen MR) is 104 cm³/mol. The molecule has 0 spiro atoms. The van der Waals surface area contributed by atoms with Crippen molar-refractivity contribution < 1.29 is 17.9 Å². The highest BCUT2D eigenvalue weighted by Crippen LogP contribution is 2.21. The largest absolute Gasteiger partial charge is 0.376 e. The molecule has 1 amide bonds. The van der Waals surface area contributed by atoms with Gasteiger partial charge >= 0.3 is 0 Å². The molecule has 1 saturated heterocycles. The molecule has 2 aromatic carbocycles. The molecular weight excluding hydrogens is 364 g/mol. The van der Waals surface area contributed by atoms with Crippen molar-refractivity contribution in [1.82, 2.24) is 5.32 Å². The molecule has 2 N–H and O–H groups in total. The second-order valence-corrected chi connectivity index (χ2v) is 8.45. The van der Waals surface area contributed by atoms with Gasteiger partial charge in [-0.25, -0.2) is 8.42 Å². The van der Waals surface area contributed by atoms with Gasteiger partial charge in [-0.05, 0) is 62.1 Å². The predicted octanol–water partition coefficient (Wildman–Crippen LogP) is 3.01. The topological polar surface area (TPSA) is 84.5 Å². The van der Waals surface area contributed by atoms with E-state index in [4.69, 9.17) is 4.74 Å². The zero-order valence-corrected chi connectivity index (χ0v) is 16.3. The van der Waals surface area contributed by atoms with E-state index in [0.717, 1.165) is 25.0 Å². The molecule has 144 valence electrons. The highest BCUT2D eigenvalue weighted by atomic mass is 32.2. The number of sulfonamides is 1. The molecule has 1 aliphatic heterocycles. The molecule has 2 aromatic rings. The SMILES string of the molecule is Cc1cccc(NS(=O)(=O)c2cc(C(=O)NC[C@@H]3CCCO3)ccc2C)c1. The maximum atomic E-state index is 12.8. The van der Waals surface area contributed by atoms with E-state index in [1.807, 2.05) is 13.0 Å². The smallest absolute Gasteiger partial charge is 0.262 e. The molecule has 3 rings (SSSR count). The van der Waals surface area contributed by atoms with Crippen LogP contribution in [0.15, 0.2) is 47.4 Å². The first-order valence-electron chi connectivity index (χ1n) is 8.95. The summed E-state index contributed by atoms with van der Waals surface area (Å²) in [4.78, 5) is 12.5. The Morgan fingerprint density at radius 3 is 2.70 bits per heavy atom. The van der Waals surface area contributed by atoms with Crippen LogP contribution in [0.2, 0.25) is 0 Å². The van der Waals surface area contributed by atoms with Gasteiger partial charge < -0.3 is 10.1 Å². The standard InChI is InChI=1S/C20H24N2O4S/c1-14-5-3-6-17(11-14)22-27(24,25)19-12-16(9-8-15(19)2)20(23)21-13-18-7-4-10-26-18/h3,5-6,8-9,11-12,18,22H,4,7,10,13H2,1-2H3,(H,21,23)/t18-/m0/s1. The number of carbonyl (C=O) groups excluding carboxylic acids is 1. The lowest BCUT2D eigenvalue weighted by molar-refractivity contribution is 0.0857. The monoisotopic (exact) mass is 388 g/mol. The van der Waals surface area contributed by atoms with Crippen molar-refractivity contribution in [3.05, 3.63) is 59.2 Å². The van der Waals surface area contributed by atoms with Crippen molar-refractivity contribution in [2.45, 2.75) is 37.7 Å². The Bertz CT molecular complexity index is 935. The van der Waals surface area contributed by atoms with Crippen molar-refractivity contribution in [3.8, 4) is 0 Å². The maximum absolute atomic E-state index is 12.8. The van der Waals surface area contributed by atoms with Gasteiger partial charge in [0.05, 0.1) is 11.0 Å². The molecule has 7 heteroatoms. The van der Waals surface area contributed by atoms with Crippen LogP contribution in [-0.2, 0) is 14.8 Å². The highest BCUT2D eigenvalue weighted by molar-refractivity contribution is 7.92. The van der Waals surface area contributed by atoms with Crippen LogP contribution >= 0.6 is 0 Å². The van der Waals surface area contributed by atoms with Crippen LogP contribution in [0.4, 0.5) is 5.69 Å². The summed E-state index contributed by atoms with van der Waals surface area (Å²) in [6, 6.07) is 11.8. The molecule has 0 unspecified atom stereocenters. The second kappa shape index (κ2) is 8.10. The molecule has 27 heavy (non-hydrogen) atoms. The first-order chi connectivity index (χ1) is 12.8. The fraction of sp³-hybridized carbons (Fsp3) is 0.350. The first kappa shape index (κ1) is 19.4. The first-order valence-corrected chi connectivity index (χ1v) is 10.4. The summed E-state index contributed by atoms with van der Waals surface area (Å²) in [5.41, 5.74) is 2.32. The second-order valence-electron chi connectivity index (χ2n) is 6.80. The zero-order valence-electron chi connectivity index (χ0n) is 15.5. The third-order valence-corrected chi connectivity index (χ3v) is 6.05. The molecule has 1 atom stereocenters. The van der Waals surface area contributed by atoms with Gasteiger partial charge in [-0.15, -0.1) is 0 Å². The Hall–Kier alpha value is -2.38. The fourth-order valence-electron chi connectivity index (χ4n) is 3.06. The van der Waals surface area contributed by atoms with Crippen LogP contribution in [0.1, 0.15) is 34.3 Å². The Labute approximate surface area is 160 Å². The van der Waals surface area contributed by atoms with Crippen LogP contribution in [0.25, 0.3) is 0 Å². The Morgan fingerprint density at radius 2 is 2.00 bits per heavy atom. The molecule has 0 bridgehead atoms. The number of rotatable bonds is 6. The van der Waals surface area contributed by atoms with E-state index >= 15 is 0 Å². The summed E-state index contributed by atoms with van der Waals surface area (Å²) in [6.45, 7) is 4.75. The van der Waals surface area contributed by atoms with Crippen molar-refractivity contribution in [1.29, 1.82) is 0 Å². The zero-order chi connectivity index (χ0) is 19.4. The lowest BCUT2D eigenvalue weighted by atomic mass is 10.1. The van der Waals surface area contributed by atoms with E-state index in [-0.39, 0.29) is 16.9 Å². The molecule has 6 nitrogen and oxygen atoms in total. The minimum Gasteiger partial charge on any atom is -0.376 e. The molecule has 1 aliphatic rings. The van der Waals surface area contributed by atoms with Gasteiger partial charge in [0.15, 0.2) is 0 Å². The molecule has 0 radical (unpaired) electrons. The molecule has 0 aliphatic carbocycles. The number of aryl methyl sites for hydroxylation is 2. The molecule has 1 heterocycles. The van der Waals surface area contributed by atoms with Crippen molar-refractivity contribution in [2.24, 2.45) is 0 Å². The lowest BCUT2D eigenvalue weighted by Crippen LogP contribution is -2.31. The molecule has 0 aromatic heterocycles. The third kappa shape index (κ3) is 4.87. The maximum Gasteiger partial charge on any atom is 0.262 e. The number of benzene rings is 2. The van der Waals surface area contributed by atoms with Crippen molar-refractivity contribution >= 4 is 21.6 Å². The van der Waals surface area contributed by atoms with E-state index < -0.39 is 10.0 Å². The van der Waals surface area contributed by atoms with Crippen LogP contribution in [0, 0.1) is 13.8 Å². The summed E-state index contributed by atoms with van der Waals surface area (Å²) < 4.78 is 33.7. The quantitative estimate of drug-likeness (QED) is 0.797. The fourth-order valence-corrected chi connectivity index (χ4v) is 4.38. The van der Waals surface area contributed by atoms with Crippen molar-refractivity contribution in [2.75, 3.05) is 17.9 Å². The van der Waals surface area contributed by atoms with Gasteiger partial charge in [0.2, 0.25) is 0 Å². The number of amides is 1. The Morgan fingerprint density at radius 1 is 1.19 bits per heavy atom. The number of nitrogens with one attached hydrogen (secondary N) is 2. The Balaban J connectivity index is 1.78.